The molecule has 108 valence electrons. The zero-order chi connectivity index (χ0) is 15.2. The quantitative estimate of drug-likeness (QED) is 0.857. The third kappa shape index (κ3) is 3.77. The number of hydrogen-bond donors (Lipinski definition) is 1. The summed E-state index contributed by atoms with van der Waals surface area (Å²) in [4.78, 5) is 23.5. The summed E-state index contributed by atoms with van der Waals surface area (Å²) >= 11 is 0. The summed E-state index contributed by atoms with van der Waals surface area (Å²) in [5, 5.41) is 2.78. The molecular formula is C17H17NO3. The van der Waals surface area contributed by atoms with Gasteiger partial charge in [0.15, 0.2) is 11.9 Å². The number of hydrogen-bond acceptors (Lipinski definition) is 3. The summed E-state index contributed by atoms with van der Waals surface area (Å²) < 4.78 is 5.27. The lowest BCUT2D eigenvalue weighted by Gasteiger charge is -2.15. The van der Waals surface area contributed by atoms with E-state index in [0.717, 1.165) is 5.56 Å². The van der Waals surface area contributed by atoms with Gasteiger partial charge < -0.3 is 10.1 Å². The van der Waals surface area contributed by atoms with Crippen molar-refractivity contribution >= 4 is 17.4 Å². The number of ketones is 1. The lowest BCUT2D eigenvalue weighted by Crippen LogP contribution is -2.22. The van der Waals surface area contributed by atoms with Crippen LogP contribution in [-0.4, -0.2) is 18.8 Å². The topological polar surface area (TPSA) is 55.4 Å². The Morgan fingerprint density at radius 1 is 1.00 bits per heavy atom. The first-order valence-corrected chi connectivity index (χ1v) is 6.61. The van der Waals surface area contributed by atoms with Gasteiger partial charge in [-0.15, -0.1) is 0 Å². The van der Waals surface area contributed by atoms with Gasteiger partial charge in [0.05, 0.1) is 0 Å². The van der Waals surface area contributed by atoms with E-state index in [2.05, 4.69) is 5.32 Å². The molecule has 21 heavy (non-hydrogen) atoms. The fraction of sp³-hybridized carbons (Fsp3) is 0.176. The molecule has 0 aliphatic carbocycles. The lowest BCUT2D eigenvalue weighted by molar-refractivity contribution is -0.126. The van der Waals surface area contributed by atoms with Gasteiger partial charge in [-0.25, -0.2) is 0 Å². The highest BCUT2D eigenvalue weighted by Gasteiger charge is 2.19. The number of benzene rings is 2. The molecule has 0 radical (unpaired) electrons. The maximum Gasteiger partial charge on any atom is 0.258 e. The second-order valence-electron chi connectivity index (χ2n) is 4.65. The second kappa shape index (κ2) is 6.81. The first-order chi connectivity index (χ1) is 10.1. The van der Waals surface area contributed by atoms with Crippen LogP contribution in [0.4, 0.5) is 5.69 Å². The van der Waals surface area contributed by atoms with E-state index in [0.29, 0.717) is 11.3 Å². The number of Topliss-reactive ketones (excluding diaryl/α,β-unsaturated/α-hetero) is 1. The molecule has 0 heterocycles. The molecule has 1 N–H and O–H groups in total. The highest BCUT2D eigenvalue weighted by atomic mass is 16.5. The fourth-order valence-corrected chi connectivity index (χ4v) is 2.02. The molecule has 0 unspecified atom stereocenters. The lowest BCUT2D eigenvalue weighted by atomic mass is 10.1. The van der Waals surface area contributed by atoms with Crippen LogP contribution >= 0.6 is 0 Å². The van der Waals surface area contributed by atoms with Crippen molar-refractivity contribution in [2.75, 3.05) is 12.4 Å². The highest BCUT2D eigenvalue weighted by molar-refractivity contribution is 5.97. The van der Waals surface area contributed by atoms with Gasteiger partial charge in [-0.2, -0.15) is 0 Å². The summed E-state index contributed by atoms with van der Waals surface area (Å²) in [6, 6.07) is 16.0. The number of amides is 1. The van der Waals surface area contributed by atoms with Gasteiger partial charge in [0.25, 0.3) is 5.91 Å². The minimum absolute atomic E-state index is 0.00747. The Labute approximate surface area is 123 Å². The molecular weight excluding hydrogens is 266 g/mol. The van der Waals surface area contributed by atoms with Crippen LogP contribution < -0.4 is 5.32 Å². The molecule has 0 spiro atoms. The number of nitrogens with one attached hydrogen (secondary N) is 1. The van der Waals surface area contributed by atoms with Crippen molar-refractivity contribution in [3.8, 4) is 0 Å². The molecule has 0 bridgehead atoms. The zero-order valence-electron chi connectivity index (χ0n) is 12.0. The van der Waals surface area contributed by atoms with Crippen LogP contribution in [0, 0.1) is 0 Å². The summed E-state index contributed by atoms with van der Waals surface area (Å²) in [6.45, 7) is 1.50. The minimum atomic E-state index is -0.668. The Hall–Kier alpha value is -2.46. The molecule has 0 aromatic heterocycles. The molecule has 4 heteroatoms. The van der Waals surface area contributed by atoms with Gasteiger partial charge >= 0.3 is 0 Å². The van der Waals surface area contributed by atoms with E-state index in [1.165, 1.54) is 14.0 Å². The van der Waals surface area contributed by atoms with Crippen molar-refractivity contribution in [2.24, 2.45) is 0 Å². The smallest absolute Gasteiger partial charge is 0.258 e. The monoisotopic (exact) mass is 283 g/mol. The Bertz CT molecular complexity index is 620. The molecule has 0 aliphatic rings. The molecule has 2 aromatic carbocycles. The Morgan fingerprint density at radius 2 is 1.62 bits per heavy atom. The van der Waals surface area contributed by atoms with Crippen LogP contribution in [0.5, 0.6) is 0 Å². The molecule has 1 atom stereocenters. The number of methoxy groups -OCH3 is 1. The second-order valence-corrected chi connectivity index (χ2v) is 4.65. The van der Waals surface area contributed by atoms with E-state index in [4.69, 9.17) is 4.74 Å². The number of carbonyl (C=O) groups is 2. The van der Waals surface area contributed by atoms with E-state index in [1.807, 2.05) is 30.3 Å². The molecule has 2 aromatic rings. The van der Waals surface area contributed by atoms with Crippen LogP contribution in [-0.2, 0) is 9.53 Å². The average molecular weight is 283 g/mol. The van der Waals surface area contributed by atoms with Gasteiger partial charge in [-0.3, -0.25) is 9.59 Å². The van der Waals surface area contributed by atoms with Crippen molar-refractivity contribution in [1.82, 2.24) is 0 Å². The largest absolute Gasteiger partial charge is 0.367 e. The average Bonchev–Trinajstić information content (AvgIpc) is 2.49. The van der Waals surface area contributed by atoms with Crippen molar-refractivity contribution < 1.29 is 14.3 Å². The summed E-state index contributed by atoms with van der Waals surface area (Å²) in [7, 11) is 1.50. The number of carbonyl (C=O) groups excluding carboxylic acids is 2. The Balaban J connectivity index is 2.11. The normalized spacial score (nSPS) is 11.7. The van der Waals surface area contributed by atoms with Gasteiger partial charge in [-0.05, 0) is 36.8 Å². The fourth-order valence-electron chi connectivity index (χ4n) is 2.02. The molecule has 0 fully saturated rings. The van der Waals surface area contributed by atoms with Gasteiger partial charge in [0.2, 0.25) is 0 Å². The van der Waals surface area contributed by atoms with E-state index in [1.54, 1.807) is 24.3 Å². The van der Waals surface area contributed by atoms with Crippen LogP contribution in [0.3, 0.4) is 0 Å². The van der Waals surface area contributed by atoms with Crippen molar-refractivity contribution in [3.05, 3.63) is 65.7 Å². The first-order valence-electron chi connectivity index (χ1n) is 6.61. The van der Waals surface area contributed by atoms with Crippen molar-refractivity contribution in [2.45, 2.75) is 13.0 Å². The number of rotatable bonds is 5. The summed E-state index contributed by atoms with van der Waals surface area (Å²) in [5.74, 6) is -0.258. The summed E-state index contributed by atoms with van der Waals surface area (Å²) in [5.41, 5.74) is 2.03. The first kappa shape index (κ1) is 14.9. The maximum atomic E-state index is 12.3. The van der Waals surface area contributed by atoms with Gasteiger partial charge in [-0.1, -0.05) is 30.3 Å². The molecule has 1 amide bonds. The molecule has 0 saturated heterocycles. The van der Waals surface area contributed by atoms with E-state index >= 15 is 0 Å². The van der Waals surface area contributed by atoms with Gasteiger partial charge in [0.1, 0.15) is 0 Å². The van der Waals surface area contributed by atoms with Crippen molar-refractivity contribution in [1.29, 1.82) is 0 Å². The summed E-state index contributed by atoms with van der Waals surface area (Å²) in [6.07, 6.45) is -0.668. The Kier molecular flexibility index (Phi) is 4.85. The van der Waals surface area contributed by atoms with Crippen molar-refractivity contribution in [3.63, 3.8) is 0 Å². The number of anilines is 1. The van der Waals surface area contributed by atoms with Crippen LogP contribution in [0.25, 0.3) is 0 Å². The zero-order valence-corrected chi connectivity index (χ0v) is 12.0. The third-order valence-electron chi connectivity index (χ3n) is 3.14. The van der Waals surface area contributed by atoms with Crippen LogP contribution in [0.1, 0.15) is 28.9 Å². The maximum absolute atomic E-state index is 12.3. The number of ether oxygens (including phenoxy) is 1. The van der Waals surface area contributed by atoms with Crippen LogP contribution in [0.2, 0.25) is 0 Å². The van der Waals surface area contributed by atoms with Gasteiger partial charge in [0, 0.05) is 18.4 Å². The van der Waals surface area contributed by atoms with Crippen LogP contribution in [0.15, 0.2) is 54.6 Å². The highest BCUT2D eigenvalue weighted by Crippen LogP contribution is 2.19. The van der Waals surface area contributed by atoms with E-state index in [9.17, 15) is 9.59 Å². The molecule has 0 aliphatic heterocycles. The SMILES string of the molecule is CO[C@H](C(=O)Nc1ccc(C(C)=O)cc1)c1ccccc1. The standard InChI is InChI=1S/C17H17NO3/c1-12(19)13-8-10-15(11-9-13)18-17(20)16(21-2)14-6-4-3-5-7-14/h3-11,16H,1-2H3,(H,18,20)/t16-/m0/s1. The third-order valence-corrected chi connectivity index (χ3v) is 3.14. The predicted molar refractivity (Wildman–Crippen MR) is 81.3 cm³/mol. The molecule has 4 nitrogen and oxygen atoms in total. The van der Waals surface area contributed by atoms with E-state index < -0.39 is 6.10 Å². The molecule has 2 rings (SSSR count). The molecule has 0 saturated carbocycles. The van der Waals surface area contributed by atoms with E-state index in [-0.39, 0.29) is 11.7 Å². The Morgan fingerprint density at radius 3 is 2.14 bits per heavy atom. The predicted octanol–water partition coefficient (Wildman–Crippen LogP) is 3.22. The minimum Gasteiger partial charge on any atom is -0.367 e.